The monoisotopic (exact) mass is 352 g/mol. The molecule has 20 heavy (non-hydrogen) atoms. The maximum absolute atomic E-state index is 5.81. The minimum Gasteiger partial charge on any atom is -0.488 e. The number of hydrogen-bond acceptors (Lipinski definition) is 4. The molecule has 0 unspecified atom stereocenters. The number of hydrogen-bond donors (Lipinski definition) is 1. The van der Waals surface area contributed by atoms with E-state index in [1.165, 1.54) is 10.6 Å². The van der Waals surface area contributed by atoms with Crippen LogP contribution >= 0.6 is 27.3 Å². The van der Waals surface area contributed by atoms with Gasteiger partial charge in [-0.05, 0) is 46.3 Å². The summed E-state index contributed by atoms with van der Waals surface area (Å²) >= 11 is 5.16. The molecule has 0 saturated carbocycles. The third-order valence-electron chi connectivity index (χ3n) is 3.32. The predicted octanol–water partition coefficient (Wildman–Crippen LogP) is 3.50. The summed E-state index contributed by atoms with van der Waals surface area (Å²) < 4.78 is 6.93. The van der Waals surface area contributed by atoms with Gasteiger partial charge in [0.05, 0.1) is 0 Å². The Kier molecular flexibility index (Phi) is 4.60. The second kappa shape index (κ2) is 6.61. The zero-order valence-electron chi connectivity index (χ0n) is 11.1. The van der Waals surface area contributed by atoms with Crippen LogP contribution in [0, 0.1) is 0 Å². The summed E-state index contributed by atoms with van der Waals surface area (Å²) in [6.07, 6.45) is 0. The number of halogens is 1. The van der Waals surface area contributed by atoms with Crippen LogP contribution in [0.2, 0.25) is 0 Å². The summed E-state index contributed by atoms with van der Waals surface area (Å²) in [5.74, 6) is 0.924. The highest BCUT2D eigenvalue weighted by Crippen LogP contribution is 2.23. The minimum atomic E-state index is 0.628. The third kappa shape index (κ3) is 3.53. The largest absolute Gasteiger partial charge is 0.488 e. The molecule has 1 aliphatic rings. The molecule has 1 aliphatic heterocycles. The van der Waals surface area contributed by atoms with E-state index in [1.807, 2.05) is 0 Å². The van der Waals surface area contributed by atoms with Gasteiger partial charge in [-0.2, -0.15) is 0 Å². The number of piperazine rings is 1. The Morgan fingerprint density at radius 2 is 1.95 bits per heavy atom. The summed E-state index contributed by atoms with van der Waals surface area (Å²) in [7, 11) is 0. The van der Waals surface area contributed by atoms with E-state index >= 15 is 0 Å². The fourth-order valence-electron chi connectivity index (χ4n) is 2.26. The van der Waals surface area contributed by atoms with Gasteiger partial charge in [-0.15, -0.1) is 11.3 Å². The Labute approximate surface area is 131 Å². The molecule has 3 rings (SSSR count). The van der Waals surface area contributed by atoms with Crippen molar-refractivity contribution in [2.24, 2.45) is 0 Å². The lowest BCUT2D eigenvalue weighted by molar-refractivity contribution is 0.310. The van der Waals surface area contributed by atoms with Crippen molar-refractivity contribution in [3.8, 4) is 5.75 Å². The van der Waals surface area contributed by atoms with E-state index in [-0.39, 0.29) is 0 Å². The van der Waals surface area contributed by atoms with Crippen LogP contribution in [0.15, 0.2) is 40.2 Å². The molecular weight excluding hydrogens is 336 g/mol. The maximum Gasteiger partial charge on any atom is 0.122 e. The van der Waals surface area contributed by atoms with Crippen LogP contribution in [-0.4, -0.2) is 26.2 Å². The molecule has 2 aromatic rings. The first-order chi connectivity index (χ1) is 9.81. The van der Waals surface area contributed by atoms with Crippen LogP contribution in [0.25, 0.3) is 0 Å². The molecule has 0 bridgehead atoms. The molecule has 1 aromatic heterocycles. The van der Waals surface area contributed by atoms with Gasteiger partial charge < -0.3 is 15.0 Å². The van der Waals surface area contributed by atoms with Crippen LogP contribution in [0.3, 0.4) is 0 Å². The van der Waals surface area contributed by atoms with E-state index in [1.54, 1.807) is 11.3 Å². The van der Waals surface area contributed by atoms with E-state index in [2.05, 4.69) is 61.9 Å². The number of benzene rings is 1. The third-order valence-corrected chi connectivity index (χ3v) is 4.99. The Hall–Kier alpha value is -1.04. The van der Waals surface area contributed by atoms with Crippen LogP contribution in [0.4, 0.5) is 5.69 Å². The molecule has 1 aromatic carbocycles. The van der Waals surface area contributed by atoms with Crippen LogP contribution < -0.4 is 15.0 Å². The predicted molar refractivity (Wildman–Crippen MR) is 87.9 cm³/mol. The van der Waals surface area contributed by atoms with Gasteiger partial charge in [0.1, 0.15) is 12.4 Å². The summed E-state index contributed by atoms with van der Waals surface area (Å²) in [5, 5.41) is 5.44. The van der Waals surface area contributed by atoms with Gasteiger partial charge in [-0.1, -0.05) is 0 Å². The molecule has 0 atom stereocenters. The van der Waals surface area contributed by atoms with Crippen molar-refractivity contribution in [3.63, 3.8) is 0 Å². The maximum atomic E-state index is 5.81. The second-order valence-electron chi connectivity index (χ2n) is 4.75. The van der Waals surface area contributed by atoms with E-state index in [4.69, 9.17) is 4.74 Å². The Balaban J connectivity index is 1.58. The highest BCUT2D eigenvalue weighted by molar-refractivity contribution is 9.10. The minimum absolute atomic E-state index is 0.628. The van der Waals surface area contributed by atoms with Crippen molar-refractivity contribution < 1.29 is 4.74 Å². The van der Waals surface area contributed by atoms with Gasteiger partial charge >= 0.3 is 0 Å². The summed E-state index contributed by atoms with van der Waals surface area (Å²) in [5.41, 5.74) is 1.28. The summed E-state index contributed by atoms with van der Waals surface area (Å²) in [6.45, 7) is 4.90. The molecule has 0 amide bonds. The molecule has 0 radical (unpaired) electrons. The number of thiophene rings is 1. The molecule has 0 spiro atoms. The summed E-state index contributed by atoms with van der Waals surface area (Å²) in [4.78, 5) is 3.62. The number of ether oxygens (including phenoxy) is 1. The Morgan fingerprint density at radius 3 is 2.60 bits per heavy atom. The van der Waals surface area contributed by atoms with Crippen molar-refractivity contribution in [3.05, 3.63) is 45.1 Å². The lowest BCUT2D eigenvalue weighted by Gasteiger charge is -2.29. The van der Waals surface area contributed by atoms with Gasteiger partial charge in [-0.3, -0.25) is 0 Å². The van der Waals surface area contributed by atoms with Crippen LogP contribution in [-0.2, 0) is 6.61 Å². The van der Waals surface area contributed by atoms with E-state index in [9.17, 15) is 0 Å². The van der Waals surface area contributed by atoms with Crippen molar-refractivity contribution in [1.82, 2.24) is 5.32 Å². The summed E-state index contributed by atoms with van der Waals surface area (Å²) in [6, 6.07) is 10.5. The van der Waals surface area contributed by atoms with Crippen molar-refractivity contribution >= 4 is 33.0 Å². The lowest BCUT2D eigenvalue weighted by atomic mass is 10.2. The number of nitrogens with zero attached hydrogens (tertiary/aromatic N) is 1. The smallest absolute Gasteiger partial charge is 0.122 e. The lowest BCUT2D eigenvalue weighted by Crippen LogP contribution is -2.43. The number of anilines is 1. The highest BCUT2D eigenvalue weighted by Gasteiger charge is 2.10. The van der Waals surface area contributed by atoms with Gasteiger partial charge in [0.15, 0.2) is 0 Å². The molecule has 1 saturated heterocycles. The topological polar surface area (TPSA) is 24.5 Å². The Bertz CT molecular complexity index is 549. The van der Waals surface area contributed by atoms with E-state index in [0.717, 1.165) is 36.4 Å². The zero-order chi connectivity index (χ0) is 13.8. The molecule has 1 fully saturated rings. The average molecular weight is 353 g/mol. The Morgan fingerprint density at radius 1 is 1.20 bits per heavy atom. The molecule has 3 nitrogen and oxygen atoms in total. The quantitative estimate of drug-likeness (QED) is 0.911. The normalized spacial score (nSPS) is 15.3. The van der Waals surface area contributed by atoms with Crippen molar-refractivity contribution in [2.75, 3.05) is 31.1 Å². The molecule has 1 N–H and O–H groups in total. The first-order valence-electron chi connectivity index (χ1n) is 6.73. The average Bonchev–Trinajstić information content (AvgIpc) is 2.92. The van der Waals surface area contributed by atoms with Gasteiger partial charge in [0.25, 0.3) is 0 Å². The number of rotatable bonds is 4. The van der Waals surface area contributed by atoms with Crippen LogP contribution in [0.1, 0.15) is 4.88 Å². The van der Waals surface area contributed by atoms with Gasteiger partial charge in [0, 0.05) is 46.6 Å². The van der Waals surface area contributed by atoms with E-state index in [0.29, 0.717) is 6.61 Å². The number of nitrogens with one attached hydrogen (secondary N) is 1. The first-order valence-corrected chi connectivity index (χ1v) is 8.40. The second-order valence-corrected chi connectivity index (χ2v) is 6.66. The van der Waals surface area contributed by atoms with Gasteiger partial charge in [-0.25, -0.2) is 0 Å². The van der Waals surface area contributed by atoms with Crippen molar-refractivity contribution in [2.45, 2.75) is 6.61 Å². The molecule has 0 aliphatic carbocycles. The fourth-order valence-corrected chi connectivity index (χ4v) is 3.62. The standard InChI is InChI=1S/C15H17BrN2OS/c16-12-9-15(20-11-12)10-19-14-3-1-13(2-4-14)18-7-5-17-6-8-18/h1-4,9,11,17H,5-8,10H2. The van der Waals surface area contributed by atoms with Crippen LogP contribution in [0.5, 0.6) is 5.75 Å². The zero-order valence-corrected chi connectivity index (χ0v) is 13.5. The fraction of sp³-hybridized carbons (Fsp3) is 0.333. The van der Waals surface area contributed by atoms with E-state index < -0.39 is 0 Å². The molecular formula is C15H17BrN2OS. The van der Waals surface area contributed by atoms with Gasteiger partial charge in [0.2, 0.25) is 0 Å². The SMILES string of the molecule is Brc1csc(COc2ccc(N3CCNCC3)cc2)c1. The molecule has 5 heteroatoms. The first kappa shape index (κ1) is 13.9. The molecule has 106 valence electrons. The highest BCUT2D eigenvalue weighted by atomic mass is 79.9. The van der Waals surface area contributed by atoms with Crippen molar-refractivity contribution in [1.29, 1.82) is 0 Å². The molecule has 2 heterocycles.